The molecule has 0 aliphatic rings. The zero-order valence-electron chi connectivity index (χ0n) is 15.6. The predicted molar refractivity (Wildman–Crippen MR) is 106 cm³/mol. The molecule has 1 aromatic heterocycles. The van der Waals surface area contributed by atoms with Crippen LogP contribution in [0.1, 0.15) is 29.3 Å². The largest absolute Gasteiger partial charge is 0.452 e. The van der Waals surface area contributed by atoms with Crippen LogP contribution in [0.2, 0.25) is 0 Å². The van der Waals surface area contributed by atoms with E-state index in [0.29, 0.717) is 5.56 Å². The number of carbonyl (C=O) groups excluding carboxylic acids is 2. The lowest BCUT2D eigenvalue weighted by Crippen LogP contribution is -2.36. The molecule has 1 amide bonds. The molecule has 3 aromatic rings. The smallest absolute Gasteiger partial charge is 0.340 e. The summed E-state index contributed by atoms with van der Waals surface area (Å²) in [6.07, 6.45) is 3.44. The molecule has 140 valence electrons. The number of rotatable bonds is 7. The number of amides is 1. The van der Waals surface area contributed by atoms with E-state index in [1.165, 1.54) is 5.56 Å². The van der Waals surface area contributed by atoms with E-state index in [9.17, 15) is 9.59 Å². The molecule has 0 saturated carbocycles. The summed E-state index contributed by atoms with van der Waals surface area (Å²) in [5.74, 6) is -0.775. The molecule has 1 atom stereocenters. The Labute approximate surface area is 158 Å². The first kappa shape index (κ1) is 18.7. The predicted octanol–water partition coefficient (Wildman–Crippen LogP) is 3.47. The summed E-state index contributed by atoms with van der Waals surface area (Å²) in [5, 5.41) is 3.70. The summed E-state index contributed by atoms with van der Waals surface area (Å²) in [6.45, 7) is 1.67. The van der Waals surface area contributed by atoms with Gasteiger partial charge in [-0.15, -0.1) is 0 Å². The Morgan fingerprint density at radius 1 is 1.07 bits per heavy atom. The zero-order valence-corrected chi connectivity index (χ0v) is 15.6. The number of hydrogen-bond acceptors (Lipinski definition) is 3. The minimum absolute atomic E-state index is 0.00830. The summed E-state index contributed by atoms with van der Waals surface area (Å²) >= 11 is 0. The van der Waals surface area contributed by atoms with Gasteiger partial charge >= 0.3 is 5.97 Å². The fraction of sp³-hybridized carbons (Fsp3) is 0.273. The van der Waals surface area contributed by atoms with Gasteiger partial charge in [0, 0.05) is 30.2 Å². The number of ether oxygens (including phenoxy) is 1. The average molecular weight is 364 g/mol. The fourth-order valence-corrected chi connectivity index (χ4v) is 3.13. The van der Waals surface area contributed by atoms with E-state index in [1.54, 1.807) is 6.20 Å². The second-order valence-corrected chi connectivity index (χ2v) is 6.74. The molecule has 27 heavy (non-hydrogen) atoms. The number of nitrogens with one attached hydrogen (secondary N) is 1. The van der Waals surface area contributed by atoms with Crippen molar-refractivity contribution in [2.45, 2.75) is 25.8 Å². The average Bonchev–Trinajstić information content (AvgIpc) is 3.02. The van der Waals surface area contributed by atoms with E-state index >= 15 is 0 Å². The molecule has 0 aliphatic heterocycles. The van der Waals surface area contributed by atoms with Gasteiger partial charge in [-0.3, -0.25) is 4.79 Å². The molecule has 0 radical (unpaired) electrons. The van der Waals surface area contributed by atoms with Crippen LogP contribution in [0.5, 0.6) is 0 Å². The lowest BCUT2D eigenvalue weighted by Gasteiger charge is -2.14. The van der Waals surface area contributed by atoms with E-state index in [0.717, 1.165) is 23.7 Å². The maximum atomic E-state index is 12.4. The molecule has 2 aromatic carbocycles. The van der Waals surface area contributed by atoms with Gasteiger partial charge in [-0.05, 0) is 31.4 Å². The van der Waals surface area contributed by atoms with Crippen LogP contribution < -0.4 is 5.32 Å². The van der Waals surface area contributed by atoms with Crippen molar-refractivity contribution in [3.05, 3.63) is 71.9 Å². The second kappa shape index (κ2) is 8.54. The van der Waals surface area contributed by atoms with Gasteiger partial charge in [0.2, 0.25) is 0 Å². The van der Waals surface area contributed by atoms with Crippen molar-refractivity contribution < 1.29 is 14.3 Å². The summed E-state index contributed by atoms with van der Waals surface area (Å²) in [4.78, 5) is 24.4. The normalized spacial score (nSPS) is 11.9. The van der Waals surface area contributed by atoms with Gasteiger partial charge in [-0.1, -0.05) is 48.5 Å². The van der Waals surface area contributed by atoms with Crippen molar-refractivity contribution in [3.63, 3.8) is 0 Å². The monoisotopic (exact) mass is 364 g/mol. The van der Waals surface area contributed by atoms with Gasteiger partial charge in [0.1, 0.15) is 0 Å². The standard InChI is InChI=1S/C22H24N2O3/c1-16(12-13-17-8-4-3-5-9-17)23-21(25)15-27-22(26)19-14-24(2)20-11-7-6-10-18(19)20/h3-11,14,16H,12-13,15H2,1-2H3,(H,23,25). The molecule has 1 heterocycles. The topological polar surface area (TPSA) is 60.3 Å². The molecule has 0 bridgehead atoms. The number of fused-ring (bicyclic) bond motifs is 1. The summed E-state index contributed by atoms with van der Waals surface area (Å²) in [7, 11) is 1.88. The Bertz CT molecular complexity index is 931. The fourth-order valence-electron chi connectivity index (χ4n) is 3.13. The number of aryl methyl sites for hydroxylation is 2. The van der Waals surface area contributed by atoms with Gasteiger partial charge in [0.05, 0.1) is 5.56 Å². The van der Waals surface area contributed by atoms with Crippen molar-refractivity contribution in [3.8, 4) is 0 Å². The van der Waals surface area contributed by atoms with Crippen molar-refractivity contribution in [2.75, 3.05) is 6.61 Å². The number of carbonyl (C=O) groups is 2. The van der Waals surface area contributed by atoms with E-state index in [1.807, 2.05) is 61.0 Å². The summed E-state index contributed by atoms with van der Waals surface area (Å²) in [5.41, 5.74) is 2.66. The second-order valence-electron chi connectivity index (χ2n) is 6.74. The van der Waals surface area contributed by atoms with Crippen LogP contribution in [0, 0.1) is 0 Å². The van der Waals surface area contributed by atoms with Gasteiger partial charge < -0.3 is 14.6 Å². The highest BCUT2D eigenvalue weighted by Gasteiger charge is 2.17. The molecule has 5 nitrogen and oxygen atoms in total. The van der Waals surface area contributed by atoms with Crippen LogP contribution in [0.4, 0.5) is 0 Å². The third-order valence-corrected chi connectivity index (χ3v) is 4.57. The first-order valence-electron chi connectivity index (χ1n) is 9.09. The van der Waals surface area contributed by atoms with Crippen LogP contribution in [-0.2, 0) is 23.0 Å². The first-order chi connectivity index (χ1) is 13.0. The Morgan fingerprint density at radius 2 is 1.78 bits per heavy atom. The van der Waals surface area contributed by atoms with Gasteiger partial charge in [0.25, 0.3) is 5.91 Å². The lowest BCUT2D eigenvalue weighted by atomic mass is 10.1. The SMILES string of the molecule is CC(CCc1ccccc1)NC(=O)COC(=O)c1cn(C)c2ccccc12. The highest BCUT2D eigenvalue weighted by Crippen LogP contribution is 2.20. The van der Waals surface area contributed by atoms with Gasteiger partial charge in [0.15, 0.2) is 6.61 Å². The third-order valence-electron chi connectivity index (χ3n) is 4.57. The van der Waals surface area contributed by atoms with Crippen molar-refractivity contribution >= 4 is 22.8 Å². The zero-order chi connectivity index (χ0) is 19.2. The quantitative estimate of drug-likeness (QED) is 0.653. The Balaban J connectivity index is 1.49. The van der Waals surface area contributed by atoms with Crippen LogP contribution >= 0.6 is 0 Å². The number of para-hydroxylation sites is 1. The molecule has 0 aliphatic carbocycles. The number of esters is 1. The lowest BCUT2D eigenvalue weighted by molar-refractivity contribution is -0.124. The first-order valence-corrected chi connectivity index (χ1v) is 9.09. The van der Waals surface area contributed by atoms with Crippen molar-refractivity contribution in [1.82, 2.24) is 9.88 Å². The van der Waals surface area contributed by atoms with E-state index in [4.69, 9.17) is 4.74 Å². The maximum absolute atomic E-state index is 12.4. The minimum atomic E-state index is -0.487. The van der Waals surface area contributed by atoms with E-state index in [2.05, 4.69) is 17.4 Å². The number of hydrogen-bond donors (Lipinski definition) is 1. The molecule has 5 heteroatoms. The highest BCUT2D eigenvalue weighted by molar-refractivity contribution is 6.04. The molecule has 3 rings (SSSR count). The number of aromatic nitrogens is 1. The van der Waals surface area contributed by atoms with Gasteiger partial charge in [-0.2, -0.15) is 0 Å². The van der Waals surface area contributed by atoms with Crippen molar-refractivity contribution in [1.29, 1.82) is 0 Å². The minimum Gasteiger partial charge on any atom is -0.452 e. The number of benzene rings is 2. The molecular formula is C22H24N2O3. The highest BCUT2D eigenvalue weighted by atomic mass is 16.5. The third kappa shape index (κ3) is 4.76. The van der Waals surface area contributed by atoms with Gasteiger partial charge in [-0.25, -0.2) is 4.79 Å². The molecule has 0 spiro atoms. The maximum Gasteiger partial charge on any atom is 0.340 e. The van der Waals surface area contributed by atoms with Crippen LogP contribution in [-0.4, -0.2) is 29.1 Å². The molecular weight excluding hydrogens is 340 g/mol. The molecule has 0 fully saturated rings. The van der Waals surface area contributed by atoms with Crippen molar-refractivity contribution in [2.24, 2.45) is 7.05 Å². The summed E-state index contributed by atoms with van der Waals surface area (Å²) in [6, 6.07) is 17.7. The number of nitrogens with zero attached hydrogens (tertiary/aromatic N) is 1. The molecule has 1 N–H and O–H groups in total. The van der Waals surface area contributed by atoms with Crippen LogP contribution in [0.3, 0.4) is 0 Å². The van der Waals surface area contributed by atoms with E-state index < -0.39 is 5.97 Å². The molecule has 0 saturated heterocycles. The van der Waals surface area contributed by atoms with E-state index in [-0.39, 0.29) is 18.6 Å². The summed E-state index contributed by atoms with van der Waals surface area (Å²) < 4.78 is 7.08. The molecule has 1 unspecified atom stereocenters. The van der Waals surface area contributed by atoms with Crippen LogP contribution in [0.15, 0.2) is 60.8 Å². The Kier molecular flexibility index (Phi) is 5.91. The van der Waals surface area contributed by atoms with Crippen LogP contribution in [0.25, 0.3) is 10.9 Å². The Morgan fingerprint density at radius 3 is 2.56 bits per heavy atom. The Hall–Kier alpha value is -3.08.